The van der Waals surface area contributed by atoms with Crippen molar-refractivity contribution < 1.29 is 4.79 Å². The van der Waals surface area contributed by atoms with Crippen LogP contribution in [0.15, 0.2) is 60.4 Å². The molecule has 34 heavy (non-hydrogen) atoms. The third kappa shape index (κ3) is 3.77. The van der Waals surface area contributed by atoms with Gasteiger partial charge in [-0.2, -0.15) is 0 Å². The summed E-state index contributed by atoms with van der Waals surface area (Å²) in [5.74, 6) is 0.917. The van der Waals surface area contributed by atoms with E-state index in [0.717, 1.165) is 57.2 Å². The number of hydrogen-bond donors (Lipinski definition) is 1. The van der Waals surface area contributed by atoms with E-state index in [9.17, 15) is 4.79 Å². The van der Waals surface area contributed by atoms with E-state index in [-0.39, 0.29) is 11.9 Å². The summed E-state index contributed by atoms with van der Waals surface area (Å²) in [5, 5.41) is 1.09. The second kappa shape index (κ2) is 8.49. The molecule has 0 saturated carbocycles. The van der Waals surface area contributed by atoms with Crippen molar-refractivity contribution in [3.63, 3.8) is 0 Å². The fraction of sp³-hybridized carbons (Fsp3) is 0.240. The second-order valence-corrected chi connectivity index (χ2v) is 9.38. The van der Waals surface area contributed by atoms with Crippen molar-refractivity contribution in [2.45, 2.75) is 19.4 Å². The van der Waals surface area contributed by atoms with E-state index >= 15 is 0 Å². The van der Waals surface area contributed by atoms with Gasteiger partial charge in [0.25, 0.3) is 0 Å². The number of imidazole rings is 1. The Morgan fingerprint density at radius 3 is 2.76 bits per heavy atom. The van der Waals surface area contributed by atoms with Gasteiger partial charge in [-0.1, -0.05) is 18.2 Å². The third-order valence-corrected chi connectivity index (χ3v) is 7.17. The van der Waals surface area contributed by atoms with E-state index in [1.165, 1.54) is 0 Å². The maximum absolute atomic E-state index is 13.1. The maximum Gasteiger partial charge on any atom is 0.227 e. The standard InChI is InChI=1S/C25H23N7OS/c1-16-14-31(25-23(28-15-34-25)24-29-19-4-2-3-5-20(19)30-24)10-11-32(16)22(33)13-17-6-7-18-21(12-17)27-9-8-26-18/h2-9,12,15-16H,10-11,13-14H2,1H3,(H,29,30). The lowest BCUT2D eigenvalue weighted by molar-refractivity contribution is -0.132. The van der Waals surface area contributed by atoms with Crippen LogP contribution in [0.4, 0.5) is 5.00 Å². The first kappa shape index (κ1) is 20.7. The minimum absolute atomic E-state index is 0.0899. The number of nitrogens with one attached hydrogen (secondary N) is 1. The molecule has 0 aliphatic carbocycles. The number of piperazine rings is 1. The Morgan fingerprint density at radius 2 is 1.91 bits per heavy atom. The average molecular weight is 470 g/mol. The number of thiazole rings is 1. The fourth-order valence-corrected chi connectivity index (χ4v) is 5.43. The highest BCUT2D eigenvalue weighted by Gasteiger charge is 2.30. The first-order valence-corrected chi connectivity index (χ1v) is 12.2. The molecule has 8 nitrogen and oxygen atoms in total. The van der Waals surface area contributed by atoms with Gasteiger partial charge in [0, 0.05) is 38.1 Å². The van der Waals surface area contributed by atoms with Crippen molar-refractivity contribution in [3.05, 3.63) is 65.9 Å². The van der Waals surface area contributed by atoms with Gasteiger partial charge in [0.05, 0.1) is 34.0 Å². The van der Waals surface area contributed by atoms with Crippen molar-refractivity contribution in [1.82, 2.24) is 29.8 Å². The van der Waals surface area contributed by atoms with Crippen LogP contribution in [0.1, 0.15) is 12.5 Å². The highest BCUT2D eigenvalue weighted by atomic mass is 32.1. The molecule has 6 rings (SSSR count). The van der Waals surface area contributed by atoms with Crippen molar-refractivity contribution in [3.8, 4) is 11.5 Å². The summed E-state index contributed by atoms with van der Waals surface area (Å²) in [7, 11) is 0. The van der Waals surface area contributed by atoms with Gasteiger partial charge in [-0.3, -0.25) is 14.8 Å². The molecule has 1 aliphatic rings. The summed E-state index contributed by atoms with van der Waals surface area (Å²) in [6.07, 6.45) is 3.72. The molecule has 0 bridgehead atoms. The van der Waals surface area contributed by atoms with Crippen LogP contribution in [0.25, 0.3) is 33.6 Å². The van der Waals surface area contributed by atoms with Gasteiger partial charge >= 0.3 is 0 Å². The Hall–Kier alpha value is -3.85. The number of amides is 1. The Labute approximate surface area is 200 Å². The van der Waals surface area contributed by atoms with E-state index in [4.69, 9.17) is 4.98 Å². The van der Waals surface area contributed by atoms with E-state index in [1.807, 2.05) is 52.9 Å². The number of rotatable bonds is 4. The molecule has 2 aromatic carbocycles. The number of aromatic amines is 1. The lowest BCUT2D eigenvalue weighted by Crippen LogP contribution is -2.54. The molecule has 9 heteroatoms. The smallest absolute Gasteiger partial charge is 0.227 e. The van der Waals surface area contributed by atoms with Gasteiger partial charge in [0.2, 0.25) is 5.91 Å². The molecule has 0 radical (unpaired) electrons. The van der Waals surface area contributed by atoms with Crippen molar-refractivity contribution in [1.29, 1.82) is 0 Å². The molecule has 4 heterocycles. The summed E-state index contributed by atoms with van der Waals surface area (Å²) >= 11 is 1.61. The zero-order chi connectivity index (χ0) is 23.1. The van der Waals surface area contributed by atoms with Gasteiger partial charge in [-0.25, -0.2) is 9.97 Å². The number of carbonyl (C=O) groups is 1. The predicted molar refractivity (Wildman–Crippen MR) is 134 cm³/mol. The van der Waals surface area contributed by atoms with Crippen LogP contribution in [0.2, 0.25) is 0 Å². The molecular formula is C25H23N7OS. The highest BCUT2D eigenvalue weighted by Crippen LogP contribution is 2.34. The molecule has 1 N–H and O–H groups in total. The zero-order valence-electron chi connectivity index (χ0n) is 18.7. The minimum Gasteiger partial charge on any atom is -0.358 e. The number of carbonyl (C=O) groups excluding carboxylic acids is 1. The maximum atomic E-state index is 13.1. The summed E-state index contributed by atoms with van der Waals surface area (Å²) in [6, 6.07) is 13.9. The second-order valence-electron chi connectivity index (χ2n) is 8.55. The van der Waals surface area contributed by atoms with Gasteiger partial charge < -0.3 is 14.8 Å². The molecule has 1 saturated heterocycles. The molecule has 1 amide bonds. The van der Waals surface area contributed by atoms with Gasteiger partial charge in [0.15, 0.2) is 5.82 Å². The van der Waals surface area contributed by atoms with Gasteiger partial charge in [-0.15, -0.1) is 11.3 Å². The Kier molecular flexibility index (Phi) is 5.18. The lowest BCUT2D eigenvalue weighted by Gasteiger charge is -2.40. The minimum atomic E-state index is 0.0899. The third-order valence-electron chi connectivity index (χ3n) is 6.29. The Bertz CT molecular complexity index is 1460. The summed E-state index contributed by atoms with van der Waals surface area (Å²) in [5.41, 5.74) is 7.27. The van der Waals surface area contributed by atoms with Crippen LogP contribution >= 0.6 is 11.3 Å². The number of anilines is 1. The quantitative estimate of drug-likeness (QED) is 0.429. The van der Waals surface area contributed by atoms with E-state index in [2.05, 4.69) is 31.8 Å². The summed E-state index contributed by atoms with van der Waals surface area (Å²) in [4.78, 5) is 38.8. The molecule has 1 aliphatic heterocycles. The number of fused-ring (bicyclic) bond motifs is 2. The largest absolute Gasteiger partial charge is 0.358 e. The molecule has 170 valence electrons. The molecular weight excluding hydrogens is 446 g/mol. The van der Waals surface area contributed by atoms with Crippen molar-refractivity contribution >= 4 is 44.3 Å². The lowest BCUT2D eigenvalue weighted by atomic mass is 10.1. The number of nitrogens with zero attached hydrogens (tertiary/aromatic N) is 6. The monoisotopic (exact) mass is 469 g/mol. The first-order chi connectivity index (χ1) is 16.7. The van der Waals surface area contributed by atoms with Crippen molar-refractivity contribution in [2.75, 3.05) is 24.5 Å². The number of hydrogen-bond acceptors (Lipinski definition) is 7. The normalized spacial score (nSPS) is 16.4. The van der Waals surface area contributed by atoms with Crippen molar-refractivity contribution in [2.24, 2.45) is 0 Å². The fourth-order valence-electron chi connectivity index (χ4n) is 4.60. The average Bonchev–Trinajstić information content (AvgIpc) is 3.51. The topological polar surface area (TPSA) is 90.9 Å². The van der Waals surface area contributed by atoms with Gasteiger partial charge in [-0.05, 0) is 36.8 Å². The summed E-state index contributed by atoms with van der Waals surface area (Å²) < 4.78 is 0. The SMILES string of the molecule is CC1CN(c2scnc2-c2nc3ccccc3[nH]2)CCN1C(=O)Cc1ccc2nccnc2c1. The van der Waals surface area contributed by atoms with E-state index in [0.29, 0.717) is 13.0 Å². The molecule has 0 spiro atoms. The highest BCUT2D eigenvalue weighted by molar-refractivity contribution is 7.14. The van der Waals surface area contributed by atoms with Crippen LogP contribution in [0.5, 0.6) is 0 Å². The number of aromatic nitrogens is 5. The van der Waals surface area contributed by atoms with E-state index in [1.54, 1.807) is 23.7 Å². The predicted octanol–water partition coefficient (Wildman–Crippen LogP) is 3.91. The molecule has 1 atom stereocenters. The molecule has 1 unspecified atom stereocenters. The number of para-hydroxylation sites is 2. The summed E-state index contributed by atoms with van der Waals surface area (Å²) in [6.45, 7) is 4.29. The number of benzene rings is 2. The molecule has 3 aromatic heterocycles. The van der Waals surface area contributed by atoms with Crippen LogP contribution in [0, 0.1) is 0 Å². The Balaban J connectivity index is 1.17. The molecule has 1 fully saturated rings. The first-order valence-electron chi connectivity index (χ1n) is 11.3. The van der Waals surface area contributed by atoms with Gasteiger partial charge in [0.1, 0.15) is 10.7 Å². The van der Waals surface area contributed by atoms with Crippen LogP contribution in [-0.4, -0.2) is 61.4 Å². The molecule has 5 aromatic rings. The Morgan fingerprint density at radius 1 is 1.06 bits per heavy atom. The number of H-pyrrole nitrogens is 1. The zero-order valence-corrected chi connectivity index (χ0v) is 19.5. The van der Waals surface area contributed by atoms with Crippen LogP contribution < -0.4 is 4.90 Å². The van der Waals surface area contributed by atoms with Crippen LogP contribution in [-0.2, 0) is 11.2 Å². The van der Waals surface area contributed by atoms with Crippen LogP contribution in [0.3, 0.4) is 0 Å². The van der Waals surface area contributed by atoms with E-state index < -0.39 is 0 Å².